The van der Waals surface area contributed by atoms with E-state index in [-0.39, 0.29) is 5.54 Å². The summed E-state index contributed by atoms with van der Waals surface area (Å²) in [7, 11) is -3.15. The van der Waals surface area contributed by atoms with E-state index in [0.717, 1.165) is 35.5 Å². The van der Waals surface area contributed by atoms with Crippen molar-refractivity contribution in [3.05, 3.63) is 34.7 Å². The lowest BCUT2D eigenvalue weighted by Gasteiger charge is -2.35. The van der Waals surface area contributed by atoms with Crippen LogP contribution in [0.3, 0.4) is 0 Å². The number of sulfone groups is 1. The Morgan fingerprint density at radius 3 is 2.40 bits per heavy atom. The highest BCUT2D eigenvalue weighted by molar-refractivity contribution is 7.90. The molecule has 20 heavy (non-hydrogen) atoms. The highest BCUT2D eigenvalue weighted by atomic mass is 32.2. The first-order valence-electron chi connectivity index (χ1n) is 6.44. The van der Waals surface area contributed by atoms with E-state index >= 15 is 0 Å². The molecule has 6 heteroatoms. The van der Waals surface area contributed by atoms with Crippen LogP contribution in [0.15, 0.2) is 34.5 Å². The molecule has 1 saturated carbocycles. The smallest absolute Gasteiger partial charge is 0.175 e. The summed E-state index contributed by atoms with van der Waals surface area (Å²) in [5.74, 6) is 0. The van der Waals surface area contributed by atoms with E-state index in [9.17, 15) is 8.42 Å². The third kappa shape index (κ3) is 2.39. The molecule has 0 saturated heterocycles. The normalized spacial score (nSPS) is 17.7. The van der Waals surface area contributed by atoms with Crippen LogP contribution in [0.5, 0.6) is 0 Å². The Bertz CT molecular complexity index is 729. The zero-order valence-electron chi connectivity index (χ0n) is 11.2. The molecule has 4 nitrogen and oxygen atoms in total. The Labute approximate surface area is 122 Å². The first-order chi connectivity index (χ1) is 9.38. The first kappa shape index (κ1) is 13.7. The van der Waals surface area contributed by atoms with Gasteiger partial charge in [-0.1, -0.05) is 12.1 Å². The van der Waals surface area contributed by atoms with Gasteiger partial charge in [-0.25, -0.2) is 13.4 Å². The van der Waals surface area contributed by atoms with Crippen LogP contribution in [0.25, 0.3) is 11.3 Å². The highest BCUT2D eigenvalue weighted by Gasteiger charge is 2.37. The number of thiazole rings is 1. The topological polar surface area (TPSA) is 73.0 Å². The summed E-state index contributed by atoms with van der Waals surface area (Å²) in [6, 6.07) is 6.81. The van der Waals surface area contributed by atoms with Crippen LogP contribution in [0.4, 0.5) is 0 Å². The van der Waals surface area contributed by atoms with Crippen molar-refractivity contribution in [2.24, 2.45) is 5.73 Å². The van der Waals surface area contributed by atoms with Gasteiger partial charge >= 0.3 is 0 Å². The third-order valence-corrected chi connectivity index (χ3v) is 5.94. The predicted molar refractivity (Wildman–Crippen MR) is 80.4 cm³/mol. The number of hydrogen-bond acceptors (Lipinski definition) is 5. The highest BCUT2D eigenvalue weighted by Crippen LogP contribution is 2.41. The van der Waals surface area contributed by atoms with E-state index in [4.69, 9.17) is 5.73 Å². The lowest BCUT2D eigenvalue weighted by Crippen LogP contribution is -2.43. The summed E-state index contributed by atoms with van der Waals surface area (Å²) in [5, 5.41) is 2.96. The minimum absolute atomic E-state index is 0.240. The van der Waals surface area contributed by atoms with Crippen molar-refractivity contribution in [2.45, 2.75) is 29.7 Å². The molecular weight excluding hydrogens is 292 g/mol. The van der Waals surface area contributed by atoms with Gasteiger partial charge < -0.3 is 5.73 Å². The average Bonchev–Trinajstić information content (AvgIpc) is 2.85. The molecule has 0 atom stereocenters. The molecule has 1 aromatic heterocycles. The van der Waals surface area contributed by atoms with Crippen LogP contribution in [0.2, 0.25) is 0 Å². The Hall–Kier alpha value is -1.24. The van der Waals surface area contributed by atoms with Crippen molar-refractivity contribution in [1.29, 1.82) is 0 Å². The molecule has 0 bridgehead atoms. The summed E-state index contributed by atoms with van der Waals surface area (Å²) >= 11 is 1.58. The van der Waals surface area contributed by atoms with Crippen LogP contribution in [-0.4, -0.2) is 19.7 Å². The van der Waals surface area contributed by atoms with E-state index in [1.807, 2.05) is 5.38 Å². The third-order valence-electron chi connectivity index (χ3n) is 3.75. The number of benzene rings is 1. The van der Waals surface area contributed by atoms with E-state index in [2.05, 4.69) is 4.98 Å². The van der Waals surface area contributed by atoms with Crippen molar-refractivity contribution in [2.75, 3.05) is 6.26 Å². The molecule has 0 aliphatic heterocycles. The van der Waals surface area contributed by atoms with E-state index in [0.29, 0.717) is 4.90 Å². The summed E-state index contributed by atoms with van der Waals surface area (Å²) < 4.78 is 22.9. The second-order valence-corrected chi connectivity index (χ2v) is 8.22. The minimum atomic E-state index is -3.15. The quantitative estimate of drug-likeness (QED) is 0.945. The molecule has 0 radical (unpaired) electrons. The van der Waals surface area contributed by atoms with E-state index in [1.54, 1.807) is 35.6 Å². The van der Waals surface area contributed by atoms with Gasteiger partial charge in [0, 0.05) is 17.2 Å². The average molecular weight is 308 g/mol. The van der Waals surface area contributed by atoms with Crippen LogP contribution >= 0.6 is 11.3 Å². The number of nitrogens with zero attached hydrogens (tertiary/aromatic N) is 1. The van der Waals surface area contributed by atoms with Gasteiger partial charge in [0.25, 0.3) is 0 Å². The molecule has 3 rings (SSSR count). The van der Waals surface area contributed by atoms with Crippen molar-refractivity contribution < 1.29 is 8.42 Å². The molecule has 0 unspecified atom stereocenters. The maximum Gasteiger partial charge on any atom is 0.175 e. The number of hydrogen-bond donors (Lipinski definition) is 1. The minimum Gasteiger partial charge on any atom is -0.319 e. The second-order valence-electron chi connectivity index (χ2n) is 5.34. The first-order valence-corrected chi connectivity index (χ1v) is 9.21. The standard InChI is InChI=1S/C14H16N2O2S2/c1-20(17,18)11-5-3-10(4-6-11)12-9-19-13(16-12)14(15)7-2-8-14/h3-6,9H,2,7-8,15H2,1H3. The molecule has 1 heterocycles. The summed E-state index contributed by atoms with van der Waals surface area (Å²) in [6.45, 7) is 0. The van der Waals surface area contributed by atoms with Crippen molar-refractivity contribution in [3.8, 4) is 11.3 Å². The molecular formula is C14H16N2O2S2. The van der Waals surface area contributed by atoms with Crippen molar-refractivity contribution in [3.63, 3.8) is 0 Å². The molecule has 1 aromatic carbocycles. The predicted octanol–water partition coefficient (Wildman–Crippen LogP) is 2.55. The Morgan fingerprint density at radius 2 is 1.90 bits per heavy atom. The summed E-state index contributed by atoms with van der Waals surface area (Å²) in [4.78, 5) is 4.94. The molecule has 2 N–H and O–H groups in total. The van der Waals surface area contributed by atoms with Gasteiger partial charge in [0.2, 0.25) is 0 Å². The maximum atomic E-state index is 11.4. The molecule has 0 spiro atoms. The molecule has 2 aromatic rings. The van der Waals surface area contributed by atoms with Crippen LogP contribution in [-0.2, 0) is 15.4 Å². The molecule has 1 fully saturated rings. The lowest BCUT2D eigenvalue weighted by atomic mass is 9.78. The maximum absolute atomic E-state index is 11.4. The number of nitrogens with two attached hydrogens (primary N) is 1. The summed E-state index contributed by atoms with van der Waals surface area (Å²) in [6.07, 6.45) is 4.35. The van der Waals surface area contributed by atoms with Crippen molar-refractivity contribution >= 4 is 21.2 Å². The van der Waals surface area contributed by atoms with Crippen molar-refractivity contribution in [1.82, 2.24) is 4.98 Å². The van der Waals surface area contributed by atoms with Gasteiger partial charge in [-0.2, -0.15) is 0 Å². The van der Waals surface area contributed by atoms with E-state index in [1.165, 1.54) is 6.26 Å². The number of rotatable bonds is 3. The van der Waals surface area contributed by atoms with Crippen LogP contribution in [0.1, 0.15) is 24.3 Å². The lowest BCUT2D eigenvalue weighted by molar-refractivity contribution is 0.253. The van der Waals surface area contributed by atoms with Gasteiger partial charge in [-0.15, -0.1) is 11.3 Å². The Balaban J connectivity index is 1.90. The largest absolute Gasteiger partial charge is 0.319 e. The molecule has 106 valence electrons. The fraction of sp³-hybridized carbons (Fsp3) is 0.357. The van der Waals surface area contributed by atoms with Gasteiger partial charge in [-0.05, 0) is 31.4 Å². The second kappa shape index (κ2) is 4.65. The zero-order chi connectivity index (χ0) is 14.4. The SMILES string of the molecule is CS(=O)(=O)c1ccc(-c2csc(C3(N)CCC3)n2)cc1. The molecule has 1 aliphatic rings. The van der Waals surface area contributed by atoms with Gasteiger partial charge in [0.15, 0.2) is 9.84 Å². The fourth-order valence-electron chi connectivity index (χ4n) is 2.28. The fourth-order valence-corrected chi connectivity index (χ4v) is 3.91. The Morgan fingerprint density at radius 1 is 1.25 bits per heavy atom. The van der Waals surface area contributed by atoms with Gasteiger partial charge in [0.1, 0.15) is 5.01 Å². The van der Waals surface area contributed by atoms with Gasteiger partial charge in [0.05, 0.1) is 16.1 Å². The summed E-state index contributed by atoms with van der Waals surface area (Å²) in [5.41, 5.74) is 7.81. The van der Waals surface area contributed by atoms with Crippen LogP contribution < -0.4 is 5.73 Å². The monoisotopic (exact) mass is 308 g/mol. The van der Waals surface area contributed by atoms with Gasteiger partial charge in [-0.3, -0.25) is 0 Å². The van der Waals surface area contributed by atoms with E-state index < -0.39 is 9.84 Å². The van der Waals surface area contributed by atoms with Crippen LogP contribution in [0, 0.1) is 0 Å². The molecule has 0 amide bonds. The Kier molecular flexibility index (Phi) is 3.19. The zero-order valence-corrected chi connectivity index (χ0v) is 12.8. The number of aromatic nitrogens is 1. The molecule has 1 aliphatic carbocycles.